The number of rotatable bonds is 9. The predicted octanol–water partition coefficient (Wildman–Crippen LogP) is 2.29. The Labute approximate surface area is 208 Å². The van der Waals surface area contributed by atoms with Crippen LogP contribution < -0.4 is 15.5 Å². The van der Waals surface area contributed by atoms with Gasteiger partial charge in [-0.15, -0.1) is 0 Å². The van der Waals surface area contributed by atoms with Gasteiger partial charge in [-0.2, -0.15) is 9.29 Å². The first-order valence-corrected chi connectivity index (χ1v) is 13.4. The zero-order valence-corrected chi connectivity index (χ0v) is 20.7. The summed E-state index contributed by atoms with van der Waals surface area (Å²) in [6.45, 7) is 6.65. The minimum atomic E-state index is -3.60. The van der Waals surface area contributed by atoms with Gasteiger partial charge in [0.25, 0.3) is 5.91 Å². The summed E-state index contributed by atoms with van der Waals surface area (Å²) in [5.41, 5.74) is 0.826. The molecule has 0 radical (unpaired) electrons. The van der Waals surface area contributed by atoms with Crippen molar-refractivity contribution in [1.29, 1.82) is 0 Å². The molecule has 1 amide bonds. The quantitative estimate of drug-likeness (QED) is 0.491. The lowest BCUT2D eigenvalue weighted by atomic mass is 10.2. The SMILES string of the molecule is CCCCNc1ncc(C(=O)Nc2ccc(S(=O)(=O)N3CCOCC3)cc2)c(N2CCOCC2)n1.[HH].[HH]. The number of hydrogen-bond donors (Lipinski definition) is 2. The smallest absolute Gasteiger partial charge is 0.261 e. The molecule has 0 atom stereocenters. The molecular weight excluding hydrogens is 472 g/mol. The third-order valence-electron chi connectivity index (χ3n) is 5.86. The average molecular weight is 509 g/mol. The van der Waals surface area contributed by atoms with Gasteiger partial charge in [0.05, 0.1) is 31.3 Å². The Hall–Kier alpha value is -2.80. The molecule has 0 bridgehead atoms. The maximum atomic E-state index is 13.2. The molecule has 0 aliphatic carbocycles. The third kappa shape index (κ3) is 6.26. The highest BCUT2D eigenvalue weighted by molar-refractivity contribution is 7.89. The van der Waals surface area contributed by atoms with Crippen LogP contribution in [-0.4, -0.2) is 87.7 Å². The molecule has 2 aliphatic heterocycles. The number of amides is 1. The monoisotopic (exact) mass is 508 g/mol. The standard InChI is InChI=1S/C23H32N6O5S.2H2/c1-2-3-8-24-23-25-17-20(21(27-23)28-9-13-33-14-10-28)22(30)26-18-4-6-19(7-5-18)35(31,32)29-11-15-34-16-12-29;;/h4-7,17H,2-3,8-16H2,1H3,(H,26,30)(H,24,25,27);2*1H. The van der Waals surface area contributed by atoms with Crippen molar-refractivity contribution in [2.24, 2.45) is 0 Å². The van der Waals surface area contributed by atoms with E-state index in [9.17, 15) is 13.2 Å². The van der Waals surface area contributed by atoms with Gasteiger partial charge in [-0.3, -0.25) is 4.79 Å². The Balaban J connectivity index is 0.00000241. The summed E-state index contributed by atoms with van der Waals surface area (Å²) >= 11 is 0. The van der Waals surface area contributed by atoms with Gasteiger partial charge in [-0.05, 0) is 30.7 Å². The van der Waals surface area contributed by atoms with Crippen molar-refractivity contribution < 1.29 is 25.5 Å². The van der Waals surface area contributed by atoms with Crippen LogP contribution in [0.4, 0.5) is 17.5 Å². The molecule has 2 N–H and O–H groups in total. The molecule has 4 rings (SSSR count). The number of sulfonamides is 1. The van der Waals surface area contributed by atoms with E-state index in [0.717, 1.165) is 19.4 Å². The van der Waals surface area contributed by atoms with E-state index in [1.807, 2.05) is 4.90 Å². The average Bonchev–Trinajstić information content (AvgIpc) is 2.90. The Bertz CT molecular complexity index is 1110. The summed E-state index contributed by atoms with van der Waals surface area (Å²) in [6, 6.07) is 6.17. The number of hydrogen-bond acceptors (Lipinski definition) is 9. The molecule has 0 unspecified atom stereocenters. The van der Waals surface area contributed by atoms with Crippen molar-refractivity contribution in [3.63, 3.8) is 0 Å². The molecule has 2 aliphatic rings. The van der Waals surface area contributed by atoms with Crippen LogP contribution in [-0.2, 0) is 19.5 Å². The van der Waals surface area contributed by atoms with Gasteiger partial charge in [0.2, 0.25) is 16.0 Å². The topological polar surface area (TPSA) is 126 Å². The number of nitrogens with one attached hydrogen (secondary N) is 2. The van der Waals surface area contributed by atoms with Gasteiger partial charge in [-0.25, -0.2) is 13.4 Å². The summed E-state index contributed by atoms with van der Waals surface area (Å²) in [5, 5.41) is 6.05. The maximum Gasteiger partial charge on any atom is 0.261 e. The van der Waals surface area contributed by atoms with Gasteiger partial charge in [-0.1, -0.05) is 13.3 Å². The van der Waals surface area contributed by atoms with E-state index in [1.54, 1.807) is 12.1 Å². The number of ether oxygens (including phenoxy) is 2. The summed E-state index contributed by atoms with van der Waals surface area (Å²) < 4.78 is 37.8. The first-order chi connectivity index (χ1) is 17.0. The zero-order chi connectivity index (χ0) is 24.7. The fourth-order valence-electron chi connectivity index (χ4n) is 3.86. The lowest BCUT2D eigenvalue weighted by Crippen LogP contribution is -2.40. The van der Waals surface area contributed by atoms with Crippen LogP contribution in [0.2, 0.25) is 0 Å². The molecule has 12 heteroatoms. The van der Waals surface area contributed by atoms with Crippen molar-refractivity contribution in [1.82, 2.24) is 14.3 Å². The molecule has 35 heavy (non-hydrogen) atoms. The number of unbranched alkanes of at least 4 members (excludes halogenated alkanes) is 1. The van der Waals surface area contributed by atoms with Crippen LogP contribution in [0.3, 0.4) is 0 Å². The van der Waals surface area contributed by atoms with Gasteiger partial charge in [0.15, 0.2) is 0 Å². The largest absolute Gasteiger partial charge is 0.379 e. The van der Waals surface area contributed by atoms with Crippen LogP contribution >= 0.6 is 0 Å². The zero-order valence-electron chi connectivity index (χ0n) is 19.9. The molecule has 2 aromatic rings. The number of anilines is 3. The van der Waals surface area contributed by atoms with E-state index in [2.05, 4.69) is 27.5 Å². The molecular formula is C23H36N6O5S. The molecule has 1 aromatic carbocycles. The van der Waals surface area contributed by atoms with Crippen LogP contribution in [0.25, 0.3) is 0 Å². The van der Waals surface area contributed by atoms with E-state index < -0.39 is 10.0 Å². The number of benzene rings is 1. The summed E-state index contributed by atoms with van der Waals surface area (Å²) in [6.07, 6.45) is 3.57. The second-order valence-electron chi connectivity index (χ2n) is 8.31. The van der Waals surface area contributed by atoms with Crippen LogP contribution in [0.5, 0.6) is 0 Å². The second kappa shape index (κ2) is 11.8. The molecule has 0 spiro atoms. The first kappa shape index (κ1) is 25.3. The normalized spacial score (nSPS) is 17.2. The Morgan fingerprint density at radius 1 is 1.06 bits per heavy atom. The maximum absolute atomic E-state index is 13.2. The molecule has 194 valence electrons. The predicted molar refractivity (Wildman–Crippen MR) is 137 cm³/mol. The van der Waals surface area contributed by atoms with Gasteiger partial charge >= 0.3 is 0 Å². The fraction of sp³-hybridized carbons (Fsp3) is 0.522. The van der Waals surface area contributed by atoms with E-state index >= 15 is 0 Å². The Morgan fingerprint density at radius 3 is 2.37 bits per heavy atom. The van der Waals surface area contributed by atoms with Gasteiger partial charge in [0.1, 0.15) is 11.4 Å². The van der Waals surface area contributed by atoms with Crippen molar-refractivity contribution in [2.45, 2.75) is 24.7 Å². The lowest BCUT2D eigenvalue weighted by molar-refractivity contribution is 0.0730. The highest BCUT2D eigenvalue weighted by atomic mass is 32.2. The molecule has 11 nitrogen and oxygen atoms in total. The minimum Gasteiger partial charge on any atom is -0.379 e. The van der Waals surface area contributed by atoms with Crippen molar-refractivity contribution in [2.75, 3.05) is 74.7 Å². The number of carbonyl (C=O) groups excluding carboxylic acids is 1. The number of aromatic nitrogens is 2. The van der Waals surface area contributed by atoms with Crippen LogP contribution in [0.15, 0.2) is 35.4 Å². The fourth-order valence-corrected chi connectivity index (χ4v) is 5.26. The molecule has 3 heterocycles. The third-order valence-corrected chi connectivity index (χ3v) is 7.77. The van der Waals surface area contributed by atoms with E-state index in [1.165, 1.54) is 22.6 Å². The number of carbonyl (C=O) groups is 1. The summed E-state index contributed by atoms with van der Waals surface area (Å²) in [7, 11) is -3.60. The molecule has 0 saturated carbocycles. The summed E-state index contributed by atoms with van der Waals surface area (Å²) in [4.78, 5) is 24.3. The lowest BCUT2D eigenvalue weighted by Gasteiger charge is -2.29. The second-order valence-corrected chi connectivity index (χ2v) is 10.2. The number of nitrogens with zero attached hydrogens (tertiary/aromatic N) is 4. The van der Waals surface area contributed by atoms with Crippen LogP contribution in [0.1, 0.15) is 33.0 Å². The summed E-state index contributed by atoms with van der Waals surface area (Å²) in [5.74, 6) is 0.663. The minimum absolute atomic E-state index is 0. The van der Waals surface area contributed by atoms with E-state index in [0.29, 0.717) is 75.6 Å². The van der Waals surface area contributed by atoms with Crippen molar-refractivity contribution in [3.05, 3.63) is 36.0 Å². The van der Waals surface area contributed by atoms with Crippen LogP contribution in [0, 0.1) is 0 Å². The molecule has 2 saturated heterocycles. The van der Waals surface area contributed by atoms with E-state index in [4.69, 9.17) is 9.47 Å². The highest BCUT2D eigenvalue weighted by Gasteiger charge is 2.26. The number of morpholine rings is 2. The van der Waals surface area contributed by atoms with Crippen molar-refractivity contribution in [3.8, 4) is 0 Å². The Kier molecular flexibility index (Phi) is 8.50. The van der Waals surface area contributed by atoms with E-state index in [-0.39, 0.29) is 13.7 Å². The van der Waals surface area contributed by atoms with Gasteiger partial charge in [0, 0.05) is 47.5 Å². The van der Waals surface area contributed by atoms with Crippen molar-refractivity contribution >= 4 is 33.4 Å². The first-order valence-electron chi connectivity index (χ1n) is 11.9. The highest BCUT2D eigenvalue weighted by Crippen LogP contribution is 2.23. The Morgan fingerprint density at radius 2 is 1.71 bits per heavy atom. The molecule has 2 fully saturated rings. The van der Waals surface area contributed by atoms with Gasteiger partial charge < -0.3 is 25.0 Å². The molecule has 1 aromatic heterocycles.